The number of hydrogen-bond acceptors (Lipinski definition) is 4. The van der Waals surface area contributed by atoms with Crippen LogP contribution in [0.2, 0.25) is 5.02 Å². The molecule has 0 heterocycles. The summed E-state index contributed by atoms with van der Waals surface area (Å²) < 4.78 is 10.5. The second-order valence-corrected chi connectivity index (χ2v) is 5.43. The van der Waals surface area contributed by atoms with Crippen LogP contribution in [0, 0.1) is 0 Å². The van der Waals surface area contributed by atoms with Crippen LogP contribution < -0.4 is 10.1 Å². The first-order chi connectivity index (χ1) is 9.85. The first-order valence-electron chi connectivity index (χ1n) is 6.73. The Hall–Kier alpha value is -1.75. The molecule has 0 aliphatic carbocycles. The van der Waals surface area contributed by atoms with Crippen molar-refractivity contribution in [3.63, 3.8) is 0 Å². The molecule has 5 nitrogen and oxygen atoms in total. The van der Waals surface area contributed by atoms with Gasteiger partial charge < -0.3 is 14.8 Å². The maximum Gasteiger partial charge on any atom is 0.350 e. The average Bonchev–Trinajstić information content (AvgIpc) is 2.44. The van der Waals surface area contributed by atoms with Crippen molar-refractivity contribution < 1.29 is 19.1 Å². The number of ether oxygens (including phenoxy) is 2. The van der Waals surface area contributed by atoms with E-state index in [1.54, 1.807) is 38.1 Å². The van der Waals surface area contributed by atoms with Gasteiger partial charge in [-0.05, 0) is 44.5 Å². The van der Waals surface area contributed by atoms with Gasteiger partial charge >= 0.3 is 5.97 Å². The molecule has 1 amide bonds. The molecule has 0 radical (unpaired) electrons. The highest BCUT2D eigenvalue weighted by molar-refractivity contribution is 6.30. The zero-order valence-corrected chi connectivity index (χ0v) is 13.2. The van der Waals surface area contributed by atoms with E-state index in [1.807, 2.05) is 6.92 Å². The normalized spacial score (nSPS) is 10.9. The van der Waals surface area contributed by atoms with E-state index in [0.717, 1.165) is 6.42 Å². The molecular weight excluding hydrogens is 294 g/mol. The number of nitrogens with one attached hydrogen (secondary N) is 1. The van der Waals surface area contributed by atoms with Gasteiger partial charge in [0, 0.05) is 11.6 Å². The molecule has 0 bridgehead atoms. The van der Waals surface area contributed by atoms with Gasteiger partial charge in [0.25, 0.3) is 5.91 Å². The highest BCUT2D eigenvalue weighted by Gasteiger charge is 2.32. The van der Waals surface area contributed by atoms with E-state index in [-0.39, 0.29) is 12.5 Å². The second-order valence-electron chi connectivity index (χ2n) is 4.99. The molecule has 1 aromatic carbocycles. The quantitative estimate of drug-likeness (QED) is 0.786. The summed E-state index contributed by atoms with van der Waals surface area (Å²) >= 11 is 5.78. The Bertz CT molecular complexity index is 485. The van der Waals surface area contributed by atoms with Crippen LogP contribution >= 0.6 is 11.6 Å². The van der Waals surface area contributed by atoms with Gasteiger partial charge in [-0.3, -0.25) is 4.79 Å². The summed E-state index contributed by atoms with van der Waals surface area (Å²) in [7, 11) is 0. The molecule has 1 rings (SSSR count). The van der Waals surface area contributed by atoms with Crippen molar-refractivity contribution in [3.05, 3.63) is 29.3 Å². The molecular formula is C15H20ClNO4. The smallest absolute Gasteiger partial charge is 0.350 e. The van der Waals surface area contributed by atoms with Crippen molar-refractivity contribution in [1.29, 1.82) is 0 Å². The molecule has 0 unspecified atom stereocenters. The van der Waals surface area contributed by atoms with Crippen LogP contribution in [0.1, 0.15) is 27.2 Å². The fraction of sp³-hybridized carbons (Fsp3) is 0.467. The SMILES string of the molecule is CCCNC(=O)COC(=O)C(C)(C)Oc1ccc(Cl)cc1. The van der Waals surface area contributed by atoms with E-state index in [4.69, 9.17) is 21.1 Å². The van der Waals surface area contributed by atoms with E-state index in [0.29, 0.717) is 17.3 Å². The van der Waals surface area contributed by atoms with E-state index < -0.39 is 11.6 Å². The van der Waals surface area contributed by atoms with E-state index in [1.165, 1.54) is 0 Å². The summed E-state index contributed by atoms with van der Waals surface area (Å²) in [6, 6.07) is 6.64. The topological polar surface area (TPSA) is 64.6 Å². The van der Waals surface area contributed by atoms with Gasteiger partial charge in [-0.1, -0.05) is 18.5 Å². The zero-order valence-electron chi connectivity index (χ0n) is 12.4. The molecule has 0 aliphatic heterocycles. The third-order valence-electron chi connectivity index (χ3n) is 2.58. The van der Waals surface area contributed by atoms with Gasteiger partial charge in [0.2, 0.25) is 0 Å². The third kappa shape index (κ3) is 6.04. The highest BCUT2D eigenvalue weighted by Crippen LogP contribution is 2.21. The van der Waals surface area contributed by atoms with Crippen LogP contribution in [0.25, 0.3) is 0 Å². The lowest BCUT2D eigenvalue weighted by Gasteiger charge is -2.24. The van der Waals surface area contributed by atoms with E-state index >= 15 is 0 Å². The van der Waals surface area contributed by atoms with Crippen LogP contribution in [0.5, 0.6) is 5.75 Å². The lowest BCUT2D eigenvalue weighted by Crippen LogP contribution is -2.41. The Morgan fingerprint density at radius 3 is 2.43 bits per heavy atom. The van der Waals surface area contributed by atoms with Gasteiger partial charge in [0.1, 0.15) is 5.75 Å². The van der Waals surface area contributed by atoms with Crippen LogP contribution in [0.4, 0.5) is 0 Å². The number of benzene rings is 1. The van der Waals surface area contributed by atoms with Gasteiger partial charge in [-0.25, -0.2) is 4.79 Å². The maximum absolute atomic E-state index is 12.0. The van der Waals surface area contributed by atoms with Crippen LogP contribution in [0.15, 0.2) is 24.3 Å². The molecule has 0 fully saturated rings. The van der Waals surface area contributed by atoms with Gasteiger partial charge in [0.05, 0.1) is 0 Å². The fourth-order valence-electron chi connectivity index (χ4n) is 1.46. The summed E-state index contributed by atoms with van der Waals surface area (Å²) in [6.45, 7) is 5.34. The molecule has 0 saturated carbocycles. The first-order valence-corrected chi connectivity index (χ1v) is 7.11. The molecule has 0 atom stereocenters. The maximum atomic E-state index is 12.0. The van der Waals surface area contributed by atoms with Gasteiger partial charge in [0.15, 0.2) is 12.2 Å². The predicted molar refractivity (Wildman–Crippen MR) is 80.4 cm³/mol. The first kappa shape index (κ1) is 17.3. The summed E-state index contributed by atoms with van der Waals surface area (Å²) in [4.78, 5) is 23.3. The Morgan fingerprint density at radius 1 is 1.24 bits per heavy atom. The van der Waals surface area contributed by atoms with Crippen molar-refractivity contribution in [1.82, 2.24) is 5.32 Å². The molecule has 0 spiro atoms. The van der Waals surface area contributed by atoms with Gasteiger partial charge in [-0.15, -0.1) is 0 Å². The fourth-order valence-corrected chi connectivity index (χ4v) is 1.59. The van der Waals surface area contributed by atoms with Crippen molar-refractivity contribution in [2.24, 2.45) is 0 Å². The number of halogens is 1. The molecule has 1 aromatic rings. The van der Waals surface area contributed by atoms with Crippen molar-refractivity contribution in [3.8, 4) is 5.75 Å². The molecule has 1 N–H and O–H groups in total. The Labute approximate surface area is 129 Å². The van der Waals surface area contributed by atoms with Crippen molar-refractivity contribution in [2.45, 2.75) is 32.8 Å². The van der Waals surface area contributed by atoms with E-state index in [9.17, 15) is 9.59 Å². The molecule has 0 aliphatic rings. The zero-order chi connectivity index (χ0) is 15.9. The number of hydrogen-bond donors (Lipinski definition) is 1. The molecule has 21 heavy (non-hydrogen) atoms. The Kier molecular flexibility index (Phi) is 6.49. The van der Waals surface area contributed by atoms with E-state index in [2.05, 4.69) is 5.32 Å². The number of rotatable bonds is 7. The lowest BCUT2D eigenvalue weighted by atomic mass is 10.1. The summed E-state index contributed by atoms with van der Waals surface area (Å²) in [6.07, 6.45) is 0.824. The number of carbonyl (C=O) groups excluding carboxylic acids is 2. The molecule has 0 aromatic heterocycles. The lowest BCUT2D eigenvalue weighted by molar-refractivity contribution is -0.162. The number of esters is 1. The minimum atomic E-state index is -1.20. The number of carbonyl (C=O) groups is 2. The minimum Gasteiger partial charge on any atom is -0.476 e. The second kappa shape index (κ2) is 7.88. The van der Waals surface area contributed by atoms with Gasteiger partial charge in [-0.2, -0.15) is 0 Å². The average molecular weight is 314 g/mol. The van der Waals surface area contributed by atoms with Crippen molar-refractivity contribution in [2.75, 3.05) is 13.2 Å². The van der Waals surface area contributed by atoms with Crippen molar-refractivity contribution >= 4 is 23.5 Å². The monoisotopic (exact) mass is 313 g/mol. The molecule has 6 heteroatoms. The predicted octanol–water partition coefficient (Wildman–Crippen LogP) is 2.57. The van der Waals surface area contributed by atoms with Crippen LogP contribution in [0.3, 0.4) is 0 Å². The van der Waals surface area contributed by atoms with Crippen LogP contribution in [-0.2, 0) is 14.3 Å². The molecule has 0 saturated heterocycles. The third-order valence-corrected chi connectivity index (χ3v) is 2.84. The summed E-state index contributed by atoms with van der Waals surface area (Å²) in [5.74, 6) is -0.437. The highest BCUT2D eigenvalue weighted by atomic mass is 35.5. The standard InChI is InChI=1S/C15H20ClNO4/c1-4-9-17-13(18)10-20-14(19)15(2,3)21-12-7-5-11(16)6-8-12/h5-8H,4,9-10H2,1-3H3,(H,17,18). The number of amides is 1. The summed E-state index contributed by atoms with van der Waals surface area (Å²) in [5, 5.41) is 3.20. The largest absolute Gasteiger partial charge is 0.476 e. The molecule has 116 valence electrons. The van der Waals surface area contributed by atoms with Crippen LogP contribution in [-0.4, -0.2) is 30.6 Å². The Balaban J connectivity index is 2.51. The minimum absolute atomic E-state index is 0.313. The Morgan fingerprint density at radius 2 is 1.86 bits per heavy atom. The summed E-state index contributed by atoms with van der Waals surface area (Å²) in [5.41, 5.74) is -1.20.